The number of nitrogens with zero attached hydrogens (tertiary/aromatic N) is 4. The van der Waals surface area contributed by atoms with Gasteiger partial charge in [0, 0.05) is 11.5 Å². The zero-order valence-corrected chi connectivity index (χ0v) is 19.3. The molecule has 3 heterocycles. The molecule has 31 heavy (non-hydrogen) atoms. The molecule has 154 valence electrons. The van der Waals surface area contributed by atoms with Crippen LogP contribution < -0.4 is 4.90 Å². The number of hydrogen-bond donors (Lipinski definition) is 0. The Kier molecular flexibility index (Phi) is 5.21. The second-order valence-electron chi connectivity index (χ2n) is 7.35. The Labute approximate surface area is 193 Å². The largest absolute Gasteiger partial charge is 0.270 e. The third kappa shape index (κ3) is 3.60. The van der Waals surface area contributed by atoms with E-state index in [1.165, 1.54) is 11.8 Å². The van der Waals surface area contributed by atoms with Crippen LogP contribution in [0.2, 0.25) is 0 Å². The normalized spacial score (nSPS) is 15.7. The number of benzene rings is 2. The smallest absolute Gasteiger partial charge is 0.268 e. The number of rotatable bonds is 4. The van der Waals surface area contributed by atoms with Crippen LogP contribution in [0.25, 0.3) is 22.3 Å². The van der Waals surface area contributed by atoms with Crippen molar-refractivity contribution in [1.82, 2.24) is 14.6 Å². The molecule has 0 saturated carbocycles. The van der Waals surface area contributed by atoms with Gasteiger partial charge in [0.25, 0.3) is 5.91 Å². The van der Waals surface area contributed by atoms with E-state index in [0.717, 1.165) is 32.6 Å². The van der Waals surface area contributed by atoms with Gasteiger partial charge in [-0.15, -0.1) is 0 Å². The Morgan fingerprint density at radius 3 is 2.39 bits per heavy atom. The summed E-state index contributed by atoms with van der Waals surface area (Å²) in [5, 5.41) is 5.79. The van der Waals surface area contributed by atoms with Crippen molar-refractivity contribution in [2.75, 3.05) is 4.90 Å². The average molecular weight is 463 g/mol. The molecule has 5 rings (SSSR count). The average Bonchev–Trinajstić information content (AvgIpc) is 3.42. The Morgan fingerprint density at radius 2 is 1.71 bits per heavy atom. The number of carbonyl (C=O) groups is 1. The molecule has 1 aliphatic heterocycles. The van der Waals surface area contributed by atoms with Crippen molar-refractivity contribution >= 4 is 62.3 Å². The molecule has 1 fully saturated rings. The number of hydrogen-bond acceptors (Lipinski definition) is 6. The quantitative estimate of drug-likeness (QED) is 0.276. The van der Waals surface area contributed by atoms with Crippen molar-refractivity contribution in [3.8, 4) is 11.3 Å². The summed E-state index contributed by atoms with van der Waals surface area (Å²) in [5.41, 5.74) is 3.35. The third-order valence-corrected chi connectivity index (χ3v) is 7.38. The molecule has 1 saturated heterocycles. The number of anilines is 1. The Hall–Kier alpha value is -2.81. The highest BCUT2D eigenvalue weighted by molar-refractivity contribution is 8.27. The highest BCUT2D eigenvalue weighted by Gasteiger charge is 2.34. The lowest BCUT2D eigenvalue weighted by molar-refractivity contribution is -0.113. The first-order chi connectivity index (χ1) is 15.0. The molecule has 1 amide bonds. The minimum atomic E-state index is -0.130. The molecule has 0 unspecified atom stereocenters. The highest BCUT2D eigenvalue weighted by atomic mass is 32.2. The second kappa shape index (κ2) is 8.03. The molecular formula is C23H18N4OS3. The van der Waals surface area contributed by atoms with Crippen LogP contribution in [0.4, 0.5) is 5.69 Å². The van der Waals surface area contributed by atoms with Crippen LogP contribution in [-0.4, -0.2) is 24.8 Å². The van der Waals surface area contributed by atoms with Crippen molar-refractivity contribution in [3.63, 3.8) is 0 Å². The summed E-state index contributed by atoms with van der Waals surface area (Å²) in [6, 6.07) is 19.4. The van der Waals surface area contributed by atoms with E-state index in [1.54, 1.807) is 16.2 Å². The van der Waals surface area contributed by atoms with Crippen molar-refractivity contribution in [2.24, 2.45) is 0 Å². The fraction of sp³-hybridized carbons (Fsp3) is 0.130. The van der Waals surface area contributed by atoms with Crippen LogP contribution >= 0.6 is 35.3 Å². The predicted molar refractivity (Wildman–Crippen MR) is 132 cm³/mol. The fourth-order valence-electron chi connectivity index (χ4n) is 3.34. The summed E-state index contributed by atoms with van der Waals surface area (Å²) in [6.45, 7) is 4.22. The van der Waals surface area contributed by atoms with Crippen LogP contribution in [-0.2, 0) is 4.79 Å². The fourth-order valence-corrected chi connectivity index (χ4v) is 5.52. The molecule has 0 radical (unpaired) electrons. The lowest BCUT2D eigenvalue weighted by Crippen LogP contribution is -2.27. The molecule has 4 aromatic rings. The number of carbonyl (C=O) groups excluding carboxylic acids is 1. The summed E-state index contributed by atoms with van der Waals surface area (Å²) in [6.07, 6.45) is 1.87. The Balaban J connectivity index is 1.64. The van der Waals surface area contributed by atoms with Crippen molar-refractivity contribution in [3.05, 3.63) is 76.3 Å². The van der Waals surface area contributed by atoms with Gasteiger partial charge in [-0.3, -0.25) is 9.69 Å². The van der Waals surface area contributed by atoms with Gasteiger partial charge >= 0.3 is 0 Å². The van der Waals surface area contributed by atoms with Gasteiger partial charge in [0.05, 0.1) is 22.0 Å². The maximum atomic E-state index is 13.2. The lowest BCUT2D eigenvalue weighted by Gasteiger charge is -2.13. The van der Waals surface area contributed by atoms with Gasteiger partial charge in [0.15, 0.2) is 4.32 Å². The first kappa shape index (κ1) is 20.1. The van der Waals surface area contributed by atoms with E-state index in [9.17, 15) is 4.79 Å². The Bertz CT molecular complexity index is 1320. The van der Waals surface area contributed by atoms with Gasteiger partial charge in [-0.2, -0.15) is 5.10 Å². The van der Waals surface area contributed by atoms with Crippen LogP contribution in [0.15, 0.2) is 65.6 Å². The SMILES string of the molecule is CC(C)c1nn2c(/C=C3\SC(=S)N(c4ccccc4)C3=O)c(-c3ccccc3)nc2s1. The summed E-state index contributed by atoms with van der Waals surface area (Å²) in [5.74, 6) is 0.172. The third-order valence-electron chi connectivity index (χ3n) is 4.87. The van der Waals surface area contributed by atoms with Gasteiger partial charge in [-0.25, -0.2) is 9.50 Å². The molecule has 0 spiro atoms. The van der Waals surface area contributed by atoms with Crippen LogP contribution in [0.5, 0.6) is 0 Å². The standard InChI is InChI=1S/C23H18N4OS3/c1-14(2)20-25-27-17(19(24-22(27)31-20)15-9-5-3-6-10-15)13-18-21(28)26(23(29)30-18)16-11-7-4-8-12-16/h3-14H,1-2H3/b18-13-. The number of amides is 1. The van der Waals surface area contributed by atoms with Gasteiger partial charge < -0.3 is 0 Å². The van der Waals surface area contributed by atoms with E-state index in [4.69, 9.17) is 22.3 Å². The second-order valence-corrected chi connectivity index (χ2v) is 10.0. The molecule has 5 nitrogen and oxygen atoms in total. The van der Waals surface area contributed by atoms with E-state index in [2.05, 4.69) is 13.8 Å². The van der Waals surface area contributed by atoms with Gasteiger partial charge in [0.2, 0.25) is 4.96 Å². The van der Waals surface area contributed by atoms with Crippen molar-refractivity contribution < 1.29 is 4.79 Å². The number of thioether (sulfide) groups is 1. The van der Waals surface area contributed by atoms with Crippen molar-refractivity contribution in [2.45, 2.75) is 19.8 Å². The molecule has 0 bridgehead atoms. The van der Waals surface area contributed by atoms with E-state index in [0.29, 0.717) is 15.1 Å². The molecule has 8 heteroatoms. The van der Waals surface area contributed by atoms with E-state index < -0.39 is 0 Å². The van der Waals surface area contributed by atoms with E-state index >= 15 is 0 Å². The van der Waals surface area contributed by atoms with Crippen LogP contribution in [0.3, 0.4) is 0 Å². The summed E-state index contributed by atoms with van der Waals surface area (Å²) in [4.78, 5) is 21.0. The van der Waals surface area contributed by atoms with Gasteiger partial charge in [0.1, 0.15) is 5.01 Å². The lowest BCUT2D eigenvalue weighted by atomic mass is 10.1. The summed E-state index contributed by atoms with van der Waals surface area (Å²) < 4.78 is 2.36. The monoisotopic (exact) mass is 462 g/mol. The molecule has 2 aromatic carbocycles. The summed E-state index contributed by atoms with van der Waals surface area (Å²) in [7, 11) is 0. The van der Waals surface area contributed by atoms with E-state index in [1.807, 2.05) is 71.3 Å². The minimum Gasteiger partial charge on any atom is -0.268 e. The van der Waals surface area contributed by atoms with Crippen molar-refractivity contribution in [1.29, 1.82) is 0 Å². The van der Waals surface area contributed by atoms with Gasteiger partial charge in [-0.1, -0.05) is 97.7 Å². The number of para-hydroxylation sites is 1. The first-order valence-electron chi connectivity index (χ1n) is 9.81. The zero-order chi connectivity index (χ0) is 21.5. The van der Waals surface area contributed by atoms with Crippen LogP contribution in [0.1, 0.15) is 30.5 Å². The number of aromatic nitrogens is 3. The minimum absolute atomic E-state index is 0.130. The number of fused-ring (bicyclic) bond motifs is 1. The predicted octanol–water partition coefficient (Wildman–Crippen LogP) is 5.99. The zero-order valence-electron chi connectivity index (χ0n) is 16.9. The summed E-state index contributed by atoms with van der Waals surface area (Å²) >= 11 is 8.40. The van der Waals surface area contributed by atoms with Gasteiger partial charge in [-0.05, 0) is 18.2 Å². The number of thiocarbonyl (C=S) groups is 1. The first-order valence-corrected chi connectivity index (χ1v) is 11.8. The maximum absolute atomic E-state index is 13.2. The topological polar surface area (TPSA) is 50.5 Å². The van der Waals surface area contributed by atoms with Crippen LogP contribution in [0, 0.1) is 0 Å². The molecule has 0 aliphatic carbocycles. The maximum Gasteiger partial charge on any atom is 0.270 e. The molecule has 0 atom stereocenters. The highest BCUT2D eigenvalue weighted by Crippen LogP contribution is 2.38. The number of imidazole rings is 1. The van der Waals surface area contributed by atoms with E-state index in [-0.39, 0.29) is 5.91 Å². The Morgan fingerprint density at radius 1 is 1.03 bits per heavy atom. The molecular weight excluding hydrogens is 444 g/mol. The molecule has 0 N–H and O–H groups in total. The molecule has 2 aromatic heterocycles. The molecule has 1 aliphatic rings.